The van der Waals surface area contributed by atoms with Crippen LogP contribution in [0.15, 0.2) is 47.6 Å². The van der Waals surface area contributed by atoms with E-state index in [0.717, 1.165) is 31.3 Å². The van der Waals surface area contributed by atoms with Crippen LogP contribution < -0.4 is 0 Å². The van der Waals surface area contributed by atoms with Gasteiger partial charge in [0.2, 0.25) is 11.6 Å². The van der Waals surface area contributed by atoms with Crippen molar-refractivity contribution >= 4 is 17.5 Å². The molecule has 376 valence electrons. The average molecular weight is 932 g/mol. The molecule has 0 spiro atoms. The first-order chi connectivity index (χ1) is 31.5. The topological polar surface area (TPSA) is 191 Å². The van der Waals surface area contributed by atoms with E-state index in [0.29, 0.717) is 75.7 Å². The second-order valence-corrected chi connectivity index (χ2v) is 19.8. The molecule has 3 fully saturated rings. The number of nitrogens with zero attached hydrogens (tertiary/aromatic N) is 1. The van der Waals surface area contributed by atoms with Gasteiger partial charge in [-0.05, 0) is 120 Å². The van der Waals surface area contributed by atoms with Gasteiger partial charge < -0.3 is 48.8 Å². The van der Waals surface area contributed by atoms with Crippen LogP contribution >= 0.6 is 0 Å². The van der Waals surface area contributed by atoms with E-state index in [4.69, 9.17) is 28.4 Å². The second kappa shape index (κ2) is 27.5. The number of cyclic esters (lactones) is 1. The molecule has 0 amide bonds. The lowest BCUT2D eigenvalue weighted by atomic mass is 9.81. The fourth-order valence-corrected chi connectivity index (χ4v) is 10.5. The summed E-state index contributed by atoms with van der Waals surface area (Å²) < 4.78 is 35.8. The minimum Gasteiger partial charge on any atom is -0.461 e. The number of aliphatic hydroxyl groups is 4. The number of carbonyl (C=O) groups is 3. The molecule has 4 N–H and O–H groups in total. The Labute approximate surface area is 395 Å². The van der Waals surface area contributed by atoms with Crippen LogP contribution in [0.3, 0.4) is 0 Å². The van der Waals surface area contributed by atoms with Gasteiger partial charge in [0.05, 0.1) is 37.6 Å². The van der Waals surface area contributed by atoms with Gasteiger partial charge in [-0.1, -0.05) is 70.6 Å². The number of ketones is 2. The summed E-state index contributed by atoms with van der Waals surface area (Å²) in [4.78, 5) is 43.8. The lowest BCUT2D eigenvalue weighted by Crippen LogP contribution is -2.62. The highest BCUT2D eigenvalue weighted by Gasteiger charge is 2.53. The summed E-state index contributed by atoms with van der Waals surface area (Å²) in [5.74, 6) is -4.51. The summed E-state index contributed by atoms with van der Waals surface area (Å²) in [6, 6.07) is -0.913. The molecule has 0 aromatic rings. The number of hydrogen-bond acceptors (Lipinski definition) is 14. The Balaban J connectivity index is 1.64. The minimum absolute atomic E-state index is 0.0531. The summed E-state index contributed by atoms with van der Waals surface area (Å²) in [5, 5.41) is 44.6. The van der Waals surface area contributed by atoms with Crippen molar-refractivity contribution in [3.05, 3.63) is 47.6 Å². The fraction of sp³-hybridized carbons (Fsp3) is 0.788. The normalized spacial score (nSPS) is 40.8. The van der Waals surface area contributed by atoms with Crippen LogP contribution in [0.5, 0.6) is 0 Å². The highest BCUT2D eigenvalue weighted by Crippen LogP contribution is 2.38. The van der Waals surface area contributed by atoms with Crippen LogP contribution in [-0.4, -0.2) is 145 Å². The molecule has 1 unspecified atom stereocenters. The summed E-state index contributed by atoms with van der Waals surface area (Å²) >= 11 is 0. The molecule has 14 nitrogen and oxygen atoms in total. The molecule has 1 saturated carbocycles. The molecule has 3 heterocycles. The maximum Gasteiger partial charge on any atom is 0.323 e. The number of carbonyl (C=O) groups excluding carboxylic acids is 3. The Morgan fingerprint density at radius 3 is 2.24 bits per heavy atom. The highest BCUT2D eigenvalue weighted by atomic mass is 16.6. The zero-order chi connectivity index (χ0) is 48.6. The molecule has 15 atom stereocenters. The van der Waals surface area contributed by atoms with Crippen molar-refractivity contribution < 1.29 is 63.2 Å². The molecule has 0 aromatic heterocycles. The summed E-state index contributed by atoms with van der Waals surface area (Å²) in [6.07, 6.45) is 14.8. The number of fused-ring (bicyclic) bond motifs is 3. The van der Waals surface area contributed by atoms with Gasteiger partial charge in [0.15, 0.2) is 12.0 Å². The van der Waals surface area contributed by atoms with E-state index in [-0.39, 0.29) is 61.6 Å². The van der Waals surface area contributed by atoms with Gasteiger partial charge in [0, 0.05) is 46.1 Å². The second-order valence-electron chi connectivity index (χ2n) is 19.8. The molecular formula is C52H85NO13. The van der Waals surface area contributed by atoms with E-state index < -0.39 is 60.1 Å². The molecule has 66 heavy (non-hydrogen) atoms. The molecule has 0 radical (unpaired) electrons. The SMILES string of the molecule is CO[C@H]1C[C@@H]2CC[C@@H](C)[C@@](O)(O2)C(=O)C(O)N2CCCC[C@H]2C(=O)O[C@H](CC[C@@H]2CC[C@@H](OCCO)[C@H](OC)C2)CC[C@H](C)/C=C(\C)[C@@H](O)[C@@H](OC)C(=O)[C@H](C)C[C@H](C)/C=C/C=C/C=C/1C. The first kappa shape index (κ1) is 56.0. The summed E-state index contributed by atoms with van der Waals surface area (Å²) in [6.45, 7) is 11.9. The van der Waals surface area contributed by atoms with Crippen molar-refractivity contribution in [3.63, 3.8) is 0 Å². The third-order valence-corrected chi connectivity index (χ3v) is 14.7. The van der Waals surface area contributed by atoms with Gasteiger partial charge in [0.1, 0.15) is 24.4 Å². The van der Waals surface area contributed by atoms with Gasteiger partial charge in [-0.25, -0.2) is 0 Å². The fourth-order valence-electron chi connectivity index (χ4n) is 10.5. The minimum atomic E-state index is -2.28. The average Bonchev–Trinajstić information content (AvgIpc) is 3.31. The smallest absolute Gasteiger partial charge is 0.323 e. The number of hydrogen-bond donors (Lipinski definition) is 4. The van der Waals surface area contributed by atoms with Crippen LogP contribution in [0.1, 0.15) is 131 Å². The van der Waals surface area contributed by atoms with Gasteiger partial charge >= 0.3 is 5.97 Å². The number of piperidine rings is 1. The number of ether oxygens (including phenoxy) is 6. The van der Waals surface area contributed by atoms with Crippen molar-refractivity contribution in [1.29, 1.82) is 0 Å². The largest absolute Gasteiger partial charge is 0.461 e. The van der Waals surface area contributed by atoms with E-state index in [1.165, 1.54) is 12.0 Å². The lowest BCUT2D eigenvalue weighted by Gasteiger charge is -2.44. The van der Waals surface area contributed by atoms with E-state index >= 15 is 0 Å². The summed E-state index contributed by atoms with van der Waals surface area (Å²) in [5.41, 5.74) is 1.54. The molecule has 14 heteroatoms. The van der Waals surface area contributed by atoms with Crippen molar-refractivity contribution in [2.24, 2.45) is 29.6 Å². The molecule has 2 saturated heterocycles. The number of Topliss-reactive ketones (excluding diaryl/α,β-unsaturated/α-hetero) is 2. The third-order valence-electron chi connectivity index (χ3n) is 14.7. The van der Waals surface area contributed by atoms with E-state index in [2.05, 4.69) is 0 Å². The van der Waals surface area contributed by atoms with Crippen molar-refractivity contribution in [2.75, 3.05) is 41.1 Å². The molecule has 0 aromatic carbocycles. The highest BCUT2D eigenvalue weighted by molar-refractivity contribution is 5.90. The maximum absolute atomic E-state index is 14.4. The maximum atomic E-state index is 14.4. The molecule has 4 rings (SSSR count). The monoisotopic (exact) mass is 932 g/mol. The van der Waals surface area contributed by atoms with Gasteiger partial charge in [-0.2, -0.15) is 0 Å². The zero-order valence-electron chi connectivity index (χ0n) is 41.5. The Hall–Kier alpha value is -2.63. The number of rotatable bonds is 9. The zero-order valence-corrected chi connectivity index (χ0v) is 41.5. The number of allylic oxidation sites excluding steroid dienone is 6. The van der Waals surface area contributed by atoms with Crippen LogP contribution in [0.25, 0.3) is 0 Å². The van der Waals surface area contributed by atoms with Crippen molar-refractivity contribution in [2.45, 2.75) is 192 Å². The van der Waals surface area contributed by atoms with Crippen LogP contribution in [-0.2, 0) is 42.8 Å². The number of methoxy groups -OCH3 is 3. The van der Waals surface area contributed by atoms with Gasteiger partial charge in [-0.15, -0.1) is 0 Å². The summed E-state index contributed by atoms with van der Waals surface area (Å²) in [7, 11) is 4.73. The Morgan fingerprint density at radius 1 is 0.788 bits per heavy atom. The van der Waals surface area contributed by atoms with Gasteiger partial charge in [0.25, 0.3) is 0 Å². The van der Waals surface area contributed by atoms with E-state index in [1.807, 2.05) is 64.2 Å². The van der Waals surface area contributed by atoms with E-state index in [1.54, 1.807) is 28.1 Å². The Kier molecular flexibility index (Phi) is 23.3. The van der Waals surface area contributed by atoms with Crippen LogP contribution in [0.2, 0.25) is 0 Å². The third kappa shape index (κ3) is 15.7. The number of aliphatic hydroxyl groups excluding tert-OH is 3. The Morgan fingerprint density at radius 2 is 1.55 bits per heavy atom. The predicted octanol–water partition coefficient (Wildman–Crippen LogP) is 6.56. The van der Waals surface area contributed by atoms with Crippen LogP contribution in [0.4, 0.5) is 0 Å². The number of esters is 1. The molecule has 4 aliphatic rings. The Bertz CT molecular complexity index is 1650. The standard InChI is InChI=1S/C52H85NO13/c1-33-15-11-10-12-16-35(3)44(61-7)32-41-23-19-38(6)52(60,66-41)49(57)50(58)53-26-14-13-17-42(53)51(59)65-40(24-20-39-21-25-43(64-28-27-54)45(31-39)62-8)22-18-34(2)30-37(5)47(56)48(63-9)46(55)36(4)29-33/h10-12,15-16,30,33-34,36,38-45,47-48,50,54,56,58,60H,13-14,17-29,31-32H2,1-9H3/b12-10+,15-11+,35-16+,37-30+/t33-,34+,36-,38-,39-,40+,41+,42+,43-,44+,45-,47-,48+,50?,52-/m1/s1. The molecule has 1 aliphatic carbocycles. The first-order valence-corrected chi connectivity index (χ1v) is 24.8. The van der Waals surface area contributed by atoms with Crippen molar-refractivity contribution in [1.82, 2.24) is 4.90 Å². The molecule has 3 aliphatic heterocycles. The quantitative estimate of drug-likeness (QED) is 0.144. The predicted molar refractivity (Wildman–Crippen MR) is 252 cm³/mol. The van der Waals surface area contributed by atoms with Crippen molar-refractivity contribution in [3.8, 4) is 0 Å². The molecule has 2 bridgehead atoms. The first-order valence-electron chi connectivity index (χ1n) is 24.8. The molecular weight excluding hydrogens is 847 g/mol. The van der Waals surface area contributed by atoms with E-state index in [9.17, 15) is 34.8 Å². The van der Waals surface area contributed by atoms with Crippen LogP contribution in [0, 0.1) is 29.6 Å². The lowest BCUT2D eigenvalue weighted by molar-refractivity contribution is -0.275. The van der Waals surface area contributed by atoms with Gasteiger partial charge in [-0.3, -0.25) is 19.3 Å².